The number of rotatable bonds is 10. The van der Waals surface area contributed by atoms with Gasteiger partial charge in [0.1, 0.15) is 0 Å². The molecule has 0 amide bonds. The number of hydrogen-bond acceptors (Lipinski definition) is 3. The largest absolute Gasteiger partial charge is 0.380 e. The van der Waals surface area contributed by atoms with Crippen LogP contribution in [0.3, 0.4) is 0 Å². The molecule has 6 rings (SSSR count). The third-order valence-electron chi connectivity index (χ3n) is 12.2. The van der Waals surface area contributed by atoms with Crippen molar-refractivity contribution in [2.75, 3.05) is 10.6 Å². The van der Waals surface area contributed by atoms with Crippen LogP contribution in [0.4, 0.5) is 11.4 Å². The molecule has 0 bridgehead atoms. The zero-order valence-corrected chi connectivity index (χ0v) is 29.2. The van der Waals surface area contributed by atoms with Crippen molar-refractivity contribution in [1.82, 2.24) is 5.32 Å². The maximum Gasteiger partial charge on any atom is 0.0667 e. The second kappa shape index (κ2) is 13.1. The van der Waals surface area contributed by atoms with Crippen LogP contribution in [0.15, 0.2) is 66.7 Å². The van der Waals surface area contributed by atoms with Gasteiger partial charge < -0.3 is 16.0 Å². The van der Waals surface area contributed by atoms with Gasteiger partial charge >= 0.3 is 0 Å². The van der Waals surface area contributed by atoms with Crippen LogP contribution in [-0.2, 0) is 0 Å². The van der Waals surface area contributed by atoms with Crippen molar-refractivity contribution in [3.63, 3.8) is 0 Å². The van der Waals surface area contributed by atoms with Crippen LogP contribution in [0.5, 0.6) is 0 Å². The first-order chi connectivity index (χ1) is 21.7. The van der Waals surface area contributed by atoms with Gasteiger partial charge in [0.05, 0.1) is 6.04 Å². The Hall–Kier alpha value is -2.78. The lowest BCUT2D eigenvalue weighted by Crippen LogP contribution is -2.74. The van der Waals surface area contributed by atoms with E-state index in [1.165, 1.54) is 97.0 Å². The van der Waals surface area contributed by atoms with Gasteiger partial charge in [-0.05, 0) is 110 Å². The molecule has 0 radical (unpaired) electrons. The summed E-state index contributed by atoms with van der Waals surface area (Å²) in [6.45, 7) is 16.3. The Bertz CT molecular complexity index is 1400. The Morgan fingerprint density at radius 3 is 2.04 bits per heavy atom. The number of anilines is 2. The van der Waals surface area contributed by atoms with Gasteiger partial charge in [-0.25, -0.2) is 0 Å². The monoisotopic (exact) mass is 605 g/mol. The average Bonchev–Trinajstić information content (AvgIpc) is 3.37. The maximum atomic E-state index is 4.66. The van der Waals surface area contributed by atoms with E-state index in [1.54, 1.807) is 0 Å². The van der Waals surface area contributed by atoms with E-state index in [4.69, 9.17) is 0 Å². The molecule has 1 heterocycles. The van der Waals surface area contributed by atoms with Gasteiger partial charge in [-0.2, -0.15) is 0 Å². The normalized spacial score (nSPS) is 28.5. The highest BCUT2D eigenvalue weighted by Crippen LogP contribution is 2.64. The van der Waals surface area contributed by atoms with Gasteiger partial charge in [0.15, 0.2) is 0 Å². The average molecular weight is 606 g/mol. The van der Waals surface area contributed by atoms with E-state index < -0.39 is 0 Å². The highest BCUT2D eigenvalue weighted by atomic mass is 15.2. The molecular weight excluding hydrogens is 546 g/mol. The topological polar surface area (TPSA) is 36.1 Å². The van der Waals surface area contributed by atoms with E-state index in [9.17, 15) is 0 Å². The molecule has 6 unspecified atom stereocenters. The maximum absolute atomic E-state index is 4.66. The van der Waals surface area contributed by atoms with Crippen LogP contribution >= 0.6 is 0 Å². The molecule has 2 saturated carbocycles. The Kier molecular flexibility index (Phi) is 9.40. The Morgan fingerprint density at radius 1 is 0.756 bits per heavy atom. The molecule has 0 spiro atoms. The minimum atomic E-state index is 0.0893. The second-order valence-corrected chi connectivity index (χ2v) is 15.5. The lowest BCUT2D eigenvalue weighted by Gasteiger charge is -2.62. The number of nitrogens with one attached hydrogen (secondary N) is 3. The zero-order valence-electron chi connectivity index (χ0n) is 29.2. The van der Waals surface area contributed by atoms with Gasteiger partial charge in [-0.3, -0.25) is 0 Å². The Labute approximate surface area is 274 Å². The lowest BCUT2D eigenvalue weighted by atomic mass is 9.53. The molecule has 3 N–H and O–H groups in total. The molecule has 1 aliphatic heterocycles. The van der Waals surface area contributed by atoms with Crippen molar-refractivity contribution < 1.29 is 0 Å². The fourth-order valence-corrected chi connectivity index (χ4v) is 10.1. The molecule has 242 valence electrons. The zero-order chi connectivity index (χ0) is 31.8. The van der Waals surface area contributed by atoms with Crippen LogP contribution in [-0.4, -0.2) is 17.6 Å². The number of aryl methyl sites for hydroxylation is 2. The molecule has 6 atom stereocenters. The van der Waals surface area contributed by atoms with Crippen molar-refractivity contribution in [2.24, 2.45) is 11.3 Å². The van der Waals surface area contributed by atoms with E-state index in [0.29, 0.717) is 35.3 Å². The summed E-state index contributed by atoms with van der Waals surface area (Å²) in [6.07, 6.45) is 11.8. The van der Waals surface area contributed by atoms with E-state index in [2.05, 4.69) is 131 Å². The molecule has 3 aromatic carbocycles. The van der Waals surface area contributed by atoms with E-state index in [1.807, 2.05) is 0 Å². The van der Waals surface area contributed by atoms with Gasteiger partial charge in [-0.15, -0.1) is 0 Å². The number of benzene rings is 3. The summed E-state index contributed by atoms with van der Waals surface area (Å²) in [6, 6.07) is 26.0. The van der Waals surface area contributed by atoms with E-state index in [0.717, 1.165) is 0 Å². The predicted octanol–water partition coefficient (Wildman–Crippen LogP) is 11.1. The van der Waals surface area contributed by atoms with E-state index in [-0.39, 0.29) is 11.6 Å². The smallest absolute Gasteiger partial charge is 0.0667 e. The van der Waals surface area contributed by atoms with Crippen LogP contribution in [0.1, 0.15) is 138 Å². The summed E-state index contributed by atoms with van der Waals surface area (Å²) in [5.41, 5.74) is 10.2. The highest BCUT2D eigenvalue weighted by molar-refractivity contribution is 5.62. The summed E-state index contributed by atoms with van der Waals surface area (Å²) in [7, 11) is 0. The molecule has 3 aromatic rings. The van der Waals surface area contributed by atoms with Crippen molar-refractivity contribution in [3.05, 3.63) is 94.5 Å². The van der Waals surface area contributed by atoms with Gasteiger partial charge in [0, 0.05) is 29.0 Å². The molecule has 3 aliphatic rings. The van der Waals surface area contributed by atoms with Gasteiger partial charge in [0.2, 0.25) is 0 Å². The lowest BCUT2D eigenvalue weighted by molar-refractivity contribution is -0.0324. The summed E-state index contributed by atoms with van der Waals surface area (Å²) in [5, 5.41) is 13.2. The highest BCUT2D eigenvalue weighted by Gasteiger charge is 2.66. The molecule has 3 fully saturated rings. The van der Waals surface area contributed by atoms with Crippen molar-refractivity contribution in [2.45, 2.75) is 142 Å². The third kappa shape index (κ3) is 5.73. The molecule has 1 saturated heterocycles. The SMILES string of the molecule is CCCC1CCC23CCCC(Nc4c(C)cccc4C)C12NC(C(Nc1c(C(C)C)cccc1C(C)C)c1ccccc1)CC3. The quantitative estimate of drug-likeness (QED) is 0.215. The molecular formula is C42H59N3. The summed E-state index contributed by atoms with van der Waals surface area (Å²) < 4.78 is 0. The molecule has 0 aromatic heterocycles. The number of para-hydroxylation sites is 2. The number of hydrogen-bond donors (Lipinski definition) is 3. The molecule has 3 heteroatoms. The van der Waals surface area contributed by atoms with Crippen LogP contribution in [0.2, 0.25) is 0 Å². The third-order valence-corrected chi connectivity index (χ3v) is 12.2. The minimum Gasteiger partial charge on any atom is -0.380 e. The van der Waals surface area contributed by atoms with Crippen molar-refractivity contribution in [1.29, 1.82) is 0 Å². The van der Waals surface area contributed by atoms with Gasteiger partial charge in [0.25, 0.3) is 0 Å². The van der Waals surface area contributed by atoms with Crippen molar-refractivity contribution >= 4 is 11.4 Å². The first-order valence-corrected chi connectivity index (χ1v) is 18.3. The van der Waals surface area contributed by atoms with Crippen LogP contribution in [0, 0.1) is 25.2 Å². The van der Waals surface area contributed by atoms with E-state index >= 15 is 0 Å². The minimum absolute atomic E-state index is 0.0893. The van der Waals surface area contributed by atoms with Crippen LogP contribution < -0.4 is 16.0 Å². The summed E-state index contributed by atoms with van der Waals surface area (Å²) >= 11 is 0. The van der Waals surface area contributed by atoms with Crippen molar-refractivity contribution in [3.8, 4) is 0 Å². The van der Waals surface area contributed by atoms with Gasteiger partial charge in [-0.1, -0.05) is 114 Å². The Morgan fingerprint density at radius 2 is 1.40 bits per heavy atom. The first kappa shape index (κ1) is 32.2. The number of piperidine rings is 1. The molecule has 2 aliphatic carbocycles. The first-order valence-electron chi connectivity index (χ1n) is 18.3. The second-order valence-electron chi connectivity index (χ2n) is 15.5. The standard InChI is InChI=1S/C42H59N3/c1-8-15-33-23-26-41-25-14-22-37(43-38-30(6)16-12-17-31(38)7)42(33,41)45-36(24-27-41)39(32-18-10-9-11-19-32)44-40-34(28(2)3)20-13-21-35(40)29(4)5/h9-13,16-21,28-29,33,36-37,39,43-45H,8,14-15,22-27H2,1-7H3. The summed E-state index contributed by atoms with van der Waals surface area (Å²) in [5.74, 6) is 1.61. The molecule has 45 heavy (non-hydrogen) atoms. The fraction of sp³-hybridized carbons (Fsp3) is 0.571. The van der Waals surface area contributed by atoms with Crippen LogP contribution in [0.25, 0.3) is 0 Å². The predicted molar refractivity (Wildman–Crippen MR) is 194 cm³/mol. The molecule has 3 nitrogen and oxygen atoms in total. The summed E-state index contributed by atoms with van der Waals surface area (Å²) in [4.78, 5) is 0. The fourth-order valence-electron chi connectivity index (χ4n) is 10.1. The Balaban J connectivity index is 1.45.